The first-order chi connectivity index (χ1) is 6.18. The summed E-state index contributed by atoms with van der Waals surface area (Å²) in [5.41, 5.74) is 0. The van der Waals surface area contributed by atoms with Crippen molar-refractivity contribution in [3.63, 3.8) is 0 Å². The Kier molecular flexibility index (Phi) is 3.96. The Bertz CT molecular complexity index is 243. The number of rotatable bonds is 5. The molecule has 1 aromatic rings. The van der Waals surface area contributed by atoms with Crippen molar-refractivity contribution >= 4 is 0 Å². The van der Waals surface area contributed by atoms with Gasteiger partial charge < -0.3 is 9.73 Å². The lowest BCUT2D eigenvalue weighted by Crippen LogP contribution is -2.23. The summed E-state index contributed by atoms with van der Waals surface area (Å²) in [6.07, 6.45) is 3.77. The van der Waals surface area contributed by atoms with E-state index in [0.717, 1.165) is 31.0 Å². The molecule has 0 saturated carbocycles. The summed E-state index contributed by atoms with van der Waals surface area (Å²) in [6, 6.07) is 0.561. The Hall–Kier alpha value is -0.830. The van der Waals surface area contributed by atoms with Crippen LogP contribution in [0.3, 0.4) is 0 Å². The summed E-state index contributed by atoms with van der Waals surface area (Å²) in [5.74, 6) is 1.75. The molecule has 0 fully saturated rings. The van der Waals surface area contributed by atoms with Crippen LogP contribution in [-0.4, -0.2) is 17.6 Å². The van der Waals surface area contributed by atoms with Gasteiger partial charge in [0.25, 0.3) is 0 Å². The van der Waals surface area contributed by atoms with Gasteiger partial charge in [0.05, 0.1) is 6.20 Å². The van der Waals surface area contributed by atoms with Crippen LogP contribution in [0.25, 0.3) is 0 Å². The number of hydrogen-bond acceptors (Lipinski definition) is 3. The minimum Gasteiger partial charge on any atom is -0.446 e. The van der Waals surface area contributed by atoms with Gasteiger partial charge in [0.2, 0.25) is 0 Å². The highest BCUT2D eigenvalue weighted by molar-refractivity contribution is 4.90. The lowest BCUT2D eigenvalue weighted by Gasteiger charge is -2.05. The van der Waals surface area contributed by atoms with Gasteiger partial charge in [0, 0.05) is 12.5 Å². The Labute approximate surface area is 79.5 Å². The lowest BCUT2D eigenvalue weighted by atomic mass is 10.3. The fourth-order valence-electron chi connectivity index (χ4n) is 1.15. The Morgan fingerprint density at radius 3 is 2.85 bits per heavy atom. The summed E-state index contributed by atoms with van der Waals surface area (Å²) in [6.45, 7) is 7.24. The molecule has 0 spiro atoms. The van der Waals surface area contributed by atoms with Gasteiger partial charge in [-0.3, -0.25) is 0 Å². The van der Waals surface area contributed by atoms with Crippen LogP contribution in [0, 0.1) is 6.92 Å². The second-order valence-electron chi connectivity index (χ2n) is 3.58. The van der Waals surface area contributed by atoms with Crippen LogP contribution in [0.5, 0.6) is 0 Å². The van der Waals surface area contributed by atoms with Gasteiger partial charge in [-0.25, -0.2) is 4.98 Å². The minimum absolute atomic E-state index is 0.561. The summed E-state index contributed by atoms with van der Waals surface area (Å²) < 4.78 is 5.35. The summed E-state index contributed by atoms with van der Waals surface area (Å²) in [5, 5.41) is 3.35. The van der Waals surface area contributed by atoms with Crippen LogP contribution in [0.1, 0.15) is 31.9 Å². The summed E-state index contributed by atoms with van der Waals surface area (Å²) >= 11 is 0. The monoisotopic (exact) mass is 182 g/mol. The van der Waals surface area contributed by atoms with Crippen molar-refractivity contribution in [1.29, 1.82) is 0 Å². The second kappa shape index (κ2) is 5.02. The van der Waals surface area contributed by atoms with E-state index in [1.54, 1.807) is 6.20 Å². The van der Waals surface area contributed by atoms with Gasteiger partial charge in [-0.1, -0.05) is 13.8 Å². The normalized spacial score (nSPS) is 11.1. The third-order valence-corrected chi connectivity index (χ3v) is 1.79. The largest absolute Gasteiger partial charge is 0.446 e. The zero-order valence-corrected chi connectivity index (χ0v) is 8.63. The molecule has 74 valence electrons. The average Bonchev–Trinajstić information content (AvgIpc) is 2.45. The molecule has 0 bridgehead atoms. The summed E-state index contributed by atoms with van der Waals surface area (Å²) in [4.78, 5) is 4.14. The molecule has 1 rings (SSSR count). The van der Waals surface area contributed by atoms with Gasteiger partial charge in [0.15, 0.2) is 5.89 Å². The van der Waals surface area contributed by atoms with Gasteiger partial charge in [-0.15, -0.1) is 0 Å². The van der Waals surface area contributed by atoms with E-state index >= 15 is 0 Å². The van der Waals surface area contributed by atoms with E-state index in [1.807, 2.05) is 6.92 Å². The molecule has 1 aromatic heterocycles. The Morgan fingerprint density at radius 2 is 2.31 bits per heavy atom. The van der Waals surface area contributed by atoms with E-state index in [9.17, 15) is 0 Å². The highest BCUT2D eigenvalue weighted by Crippen LogP contribution is 2.03. The van der Waals surface area contributed by atoms with Crippen molar-refractivity contribution in [2.45, 2.75) is 39.7 Å². The molecule has 0 aliphatic heterocycles. The number of aromatic nitrogens is 1. The zero-order chi connectivity index (χ0) is 9.68. The van der Waals surface area contributed by atoms with Crippen molar-refractivity contribution in [2.24, 2.45) is 0 Å². The maximum atomic E-state index is 5.35. The van der Waals surface area contributed by atoms with Crippen molar-refractivity contribution in [1.82, 2.24) is 10.3 Å². The predicted molar refractivity (Wildman–Crippen MR) is 52.7 cm³/mol. The molecule has 3 heteroatoms. The van der Waals surface area contributed by atoms with E-state index in [-0.39, 0.29) is 0 Å². The zero-order valence-electron chi connectivity index (χ0n) is 8.63. The van der Waals surface area contributed by atoms with Gasteiger partial charge in [-0.2, -0.15) is 0 Å². The molecule has 1 heterocycles. The Balaban J connectivity index is 2.13. The average molecular weight is 182 g/mol. The maximum absolute atomic E-state index is 5.35. The first kappa shape index (κ1) is 10.3. The maximum Gasteiger partial charge on any atom is 0.194 e. The van der Waals surface area contributed by atoms with Crippen LogP contribution in [0.2, 0.25) is 0 Å². The van der Waals surface area contributed by atoms with Gasteiger partial charge in [-0.05, 0) is 19.9 Å². The fourth-order valence-corrected chi connectivity index (χ4v) is 1.15. The van der Waals surface area contributed by atoms with E-state index in [0.29, 0.717) is 6.04 Å². The molecule has 0 aliphatic carbocycles. The van der Waals surface area contributed by atoms with Crippen molar-refractivity contribution < 1.29 is 4.42 Å². The molecule has 0 saturated heterocycles. The number of nitrogens with one attached hydrogen (secondary N) is 1. The van der Waals surface area contributed by atoms with E-state index in [1.165, 1.54) is 0 Å². The smallest absolute Gasteiger partial charge is 0.194 e. The quantitative estimate of drug-likeness (QED) is 0.707. The minimum atomic E-state index is 0.561. The third-order valence-electron chi connectivity index (χ3n) is 1.79. The van der Waals surface area contributed by atoms with Gasteiger partial charge in [0.1, 0.15) is 5.76 Å². The number of oxazole rings is 1. The molecule has 13 heavy (non-hydrogen) atoms. The second-order valence-corrected chi connectivity index (χ2v) is 3.58. The van der Waals surface area contributed by atoms with Crippen LogP contribution >= 0.6 is 0 Å². The standard InChI is InChI=1S/C10H18N2O/c1-8(2)11-6-4-5-10-12-7-9(3)13-10/h7-8,11H,4-6H2,1-3H3. The molecule has 0 unspecified atom stereocenters. The van der Waals surface area contributed by atoms with E-state index in [2.05, 4.69) is 24.1 Å². The van der Waals surface area contributed by atoms with Crippen molar-refractivity contribution in [3.05, 3.63) is 17.8 Å². The highest BCUT2D eigenvalue weighted by Gasteiger charge is 1.99. The fraction of sp³-hybridized carbons (Fsp3) is 0.700. The number of hydrogen-bond donors (Lipinski definition) is 1. The van der Waals surface area contributed by atoms with E-state index in [4.69, 9.17) is 4.42 Å². The van der Waals surface area contributed by atoms with Crippen LogP contribution in [-0.2, 0) is 6.42 Å². The van der Waals surface area contributed by atoms with E-state index < -0.39 is 0 Å². The predicted octanol–water partition coefficient (Wildman–Crippen LogP) is 1.91. The molecular weight excluding hydrogens is 164 g/mol. The van der Waals surface area contributed by atoms with Crippen molar-refractivity contribution in [3.8, 4) is 0 Å². The number of aryl methyl sites for hydroxylation is 2. The SMILES string of the molecule is Cc1cnc(CCCNC(C)C)o1. The van der Waals surface area contributed by atoms with Crippen LogP contribution in [0.15, 0.2) is 10.6 Å². The summed E-state index contributed by atoms with van der Waals surface area (Å²) in [7, 11) is 0. The number of nitrogens with zero attached hydrogens (tertiary/aromatic N) is 1. The van der Waals surface area contributed by atoms with Crippen LogP contribution in [0.4, 0.5) is 0 Å². The Morgan fingerprint density at radius 1 is 1.54 bits per heavy atom. The first-order valence-electron chi connectivity index (χ1n) is 4.83. The molecule has 0 aromatic carbocycles. The highest BCUT2D eigenvalue weighted by atomic mass is 16.3. The third kappa shape index (κ3) is 4.08. The van der Waals surface area contributed by atoms with Crippen LogP contribution < -0.4 is 5.32 Å². The molecule has 0 amide bonds. The molecule has 1 N–H and O–H groups in total. The van der Waals surface area contributed by atoms with Crippen molar-refractivity contribution in [2.75, 3.05) is 6.54 Å². The molecule has 0 radical (unpaired) electrons. The topological polar surface area (TPSA) is 38.1 Å². The lowest BCUT2D eigenvalue weighted by molar-refractivity contribution is 0.457. The molecule has 0 atom stereocenters. The first-order valence-corrected chi connectivity index (χ1v) is 4.83. The molecular formula is C10H18N2O. The molecule has 0 aliphatic rings. The van der Waals surface area contributed by atoms with Gasteiger partial charge >= 0.3 is 0 Å². The molecule has 3 nitrogen and oxygen atoms in total.